The van der Waals surface area contributed by atoms with Gasteiger partial charge in [0, 0.05) is 12.1 Å². The lowest BCUT2D eigenvalue weighted by atomic mass is 10.2. The molecule has 0 heterocycles. The van der Waals surface area contributed by atoms with Gasteiger partial charge in [0.1, 0.15) is 5.75 Å². The van der Waals surface area contributed by atoms with Crippen LogP contribution in [-0.4, -0.2) is 25.3 Å². The third-order valence-corrected chi connectivity index (χ3v) is 3.12. The van der Waals surface area contributed by atoms with E-state index in [1.165, 1.54) is 12.5 Å². The Bertz CT molecular complexity index is 490. The van der Waals surface area contributed by atoms with Crippen molar-refractivity contribution in [2.75, 3.05) is 13.2 Å². The van der Waals surface area contributed by atoms with Gasteiger partial charge in [-0.3, -0.25) is 0 Å². The van der Waals surface area contributed by atoms with Crippen LogP contribution in [0.1, 0.15) is 38.2 Å². The number of para-hydroxylation sites is 1. The molecule has 0 spiro atoms. The Hall–Kier alpha value is -1.92. The summed E-state index contributed by atoms with van der Waals surface area (Å²) in [4.78, 5) is 4.14. The number of alkyl halides is 3. The molecule has 3 N–H and O–H groups in total. The summed E-state index contributed by atoms with van der Waals surface area (Å²) in [6.45, 7) is 1.73. The van der Waals surface area contributed by atoms with E-state index in [4.69, 9.17) is 10.5 Å². The lowest BCUT2D eigenvalue weighted by Gasteiger charge is -2.12. The number of aliphatic imine (C=N–C) groups is 1. The van der Waals surface area contributed by atoms with E-state index >= 15 is 0 Å². The van der Waals surface area contributed by atoms with E-state index in [-0.39, 0.29) is 18.3 Å². The van der Waals surface area contributed by atoms with Crippen LogP contribution in [0.4, 0.5) is 13.2 Å². The van der Waals surface area contributed by atoms with Gasteiger partial charge < -0.3 is 15.8 Å². The molecule has 0 bridgehead atoms. The number of rotatable bonds is 9. The molecule has 0 radical (unpaired) electrons. The first kappa shape index (κ1) is 19.1. The SMILES string of the molecule is CCCCCCNC(N)=NCc1ccccc1OCC(F)(F)F. The molecule has 7 heteroatoms. The second kappa shape index (κ2) is 9.97. The van der Waals surface area contributed by atoms with Gasteiger partial charge in [-0.05, 0) is 12.5 Å². The third kappa shape index (κ3) is 8.95. The minimum Gasteiger partial charge on any atom is -0.484 e. The molecule has 1 aromatic carbocycles. The van der Waals surface area contributed by atoms with Crippen LogP contribution in [0.2, 0.25) is 0 Å². The molecule has 0 aliphatic carbocycles. The molecule has 0 unspecified atom stereocenters. The van der Waals surface area contributed by atoms with E-state index in [1.807, 2.05) is 0 Å². The topological polar surface area (TPSA) is 59.6 Å². The second-order valence-corrected chi connectivity index (χ2v) is 5.20. The molecule has 0 aliphatic heterocycles. The van der Waals surface area contributed by atoms with Gasteiger partial charge in [-0.15, -0.1) is 0 Å². The Kier molecular flexibility index (Phi) is 8.29. The standard InChI is InChI=1S/C16H24F3N3O/c1-2-3-4-7-10-21-15(20)22-11-13-8-5-6-9-14(13)23-12-16(17,18)19/h5-6,8-9H,2-4,7,10-12H2,1H3,(H3,20,21,22). The summed E-state index contributed by atoms with van der Waals surface area (Å²) >= 11 is 0. The fourth-order valence-corrected chi connectivity index (χ4v) is 1.93. The first-order chi connectivity index (χ1) is 10.9. The number of hydrogen-bond acceptors (Lipinski definition) is 2. The third-order valence-electron chi connectivity index (χ3n) is 3.12. The largest absolute Gasteiger partial charge is 0.484 e. The van der Waals surface area contributed by atoms with Crippen LogP contribution in [0.25, 0.3) is 0 Å². The molecule has 0 fully saturated rings. The van der Waals surface area contributed by atoms with Crippen LogP contribution in [0.3, 0.4) is 0 Å². The second-order valence-electron chi connectivity index (χ2n) is 5.20. The Balaban J connectivity index is 2.48. The van der Waals surface area contributed by atoms with Crippen molar-refractivity contribution in [2.24, 2.45) is 10.7 Å². The highest BCUT2D eigenvalue weighted by molar-refractivity contribution is 5.77. The first-order valence-electron chi connectivity index (χ1n) is 7.73. The molecular formula is C16H24F3N3O. The van der Waals surface area contributed by atoms with Crippen LogP contribution < -0.4 is 15.8 Å². The lowest BCUT2D eigenvalue weighted by molar-refractivity contribution is -0.153. The van der Waals surface area contributed by atoms with Crippen LogP contribution in [-0.2, 0) is 6.54 Å². The van der Waals surface area contributed by atoms with Crippen LogP contribution in [0.15, 0.2) is 29.3 Å². The molecule has 0 saturated heterocycles. The van der Waals surface area contributed by atoms with E-state index < -0.39 is 12.8 Å². The molecule has 1 aromatic rings. The van der Waals surface area contributed by atoms with Crippen LogP contribution >= 0.6 is 0 Å². The molecular weight excluding hydrogens is 307 g/mol. The number of guanidine groups is 1. The van der Waals surface area contributed by atoms with Gasteiger partial charge in [0.2, 0.25) is 0 Å². The molecule has 0 amide bonds. The van der Waals surface area contributed by atoms with Gasteiger partial charge in [-0.1, -0.05) is 44.4 Å². The van der Waals surface area contributed by atoms with Crippen molar-refractivity contribution in [1.82, 2.24) is 5.32 Å². The summed E-state index contributed by atoms with van der Waals surface area (Å²) in [7, 11) is 0. The summed E-state index contributed by atoms with van der Waals surface area (Å²) in [5.74, 6) is 0.455. The number of ether oxygens (including phenoxy) is 1. The van der Waals surface area contributed by atoms with E-state index in [2.05, 4.69) is 17.2 Å². The smallest absolute Gasteiger partial charge is 0.422 e. The first-order valence-corrected chi connectivity index (χ1v) is 7.73. The predicted molar refractivity (Wildman–Crippen MR) is 85.5 cm³/mol. The molecule has 0 atom stereocenters. The van der Waals surface area contributed by atoms with E-state index in [0.29, 0.717) is 5.56 Å². The van der Waals surface area contributed by atoms with Gasteiger partial charge >= 0.3 is 6.18 Å². The summed E-state index contributed by atoms with van der Waals surface area (Å²) in [6, 6.07) is 6.50. The summed E-state index contributed by atoms with van der Waals surface area (Å²) in [6.07, 6.45) is 0.122. The van der Waals surface area contributed by atoms with Crippen molar-refractivity contribution in [2.45, 2.75) is 45.3 Å². The summed E-state index contributed by atoms with van der Waals surface area (Å²) in [5, 5.41) is 2.99. The van der Waals surface area contributed by atoms with Crippen molar-refractivity contribution in [3.63, 3.8) is 0 Å². The van der Waals surface area contributed by atoms with Crippen molar-refractivity contribution in [3.8, 4) is 5.75 Å². The maximum Gasteiger partial charge on any atom is 0.422 e. The molecule has 0 aromatic heterocycles. The van der Waals surface area contributed by atoms with Crippen molar-refractivity contribution >= 4 is 5.96 Å². The number of nitrogens with two attached hydrogens (primary N) is 1. The van der Waals surface area contributed by atoms with Gasteiger partial charge in [0.25, 0.3) is 0 Å². The number of hydrogen-bond donors (Lipinski definition) is 2. The number of unbranched alkanes of at least 4 members (excludes halogenated alkanes) is 3. The maximum atomic E-state index is 12.2. The minimum absolute atomic E-state index is 0.168. The highest BCUT2D eigenvalue weighted by Gasteiger charge is 2.28. The molecule has 0 aliphatic rings. The highest BCUT2D eigenvalue weighted by atomic mass is 19.4. The molecule has 0 saturated carbocycles. The normalized spacial score (nSPS) is 12.3. The Labute approximate surface area is 134 Å². The fourth-order valence-electron chi connectivity index (χ4n) is 1.93. The molecule has 1 rings (SSSR count). The zero-order valence-corrected chi connectivity index (χ0v) is 13.3. The van der Waals surface area contributed by atoms with Gasteiger partial charge in [-0.2, -0.15) is 13.2 Å². The zero-order chi connectivity index (χ0) is 17.1. The van der Waals surface area contributed by atoms with Crippen molar-refractivity contribution < 1.29 is 17.9 Å². The molecule has 4 nitrogen and oxygen atoms in total. The average Bonchev–Trinajstić information content (AvgIpc) is 2.50. The van der Waals surface area contributed by atoms with E-state index in [9.17, 15) is 13.2 Å². The predicted octanol–water partition coefficient (Wildman–Crippen LogP) is 3.61. The number of nitrogens with zero attached hydrogens (tertiary/aromatic N) is 1. The van der Waals surface area contributed by atoms with E-state index in [0.717, 1.165) is 25.8 Å². The van der Waals surface area contributed by atoms with Crippen LogP contribution in [0.5, 0.6) is 5.75 Å². The number of benzene rings is 1. The van der Waals surface area contributed by atoms with E-state index in [1.54, 1.807) is 18.2 Å². The van der Waals surface area contributed by atoms with Crippen molar-refractivity contribution in [1.29, 1.82) is 0 Å². The Morgan fingerprint density at radius 3 is 2.65 bits per heavy atom. The highest BCUT2D eigenvalue weighted by Crippen LogP contribution is 2.22. The number of nitrogens with one attached hydrogen (secondary N) is 1. The fraction of sp³-hybridized carbons (Fsp3) is 0.562. The van der Waals surface area contributed by atoms with Gasteiger partial charge in [0.15, 0.2) is 12.6 Å². The average molecular weight is 331 g/mol. The Morgan fingerprint density at radius 1 is 1.22 bits per heavy atom. The molecule has 23 heavy (non-hydrogen) atoms. The molecule has 130 valence electrons. The summed E-state index contributed by atoms with van der Waals surface area (Å²) < 4.78 is 41.5. The quantitative estimate of drug-likeness (QED) is 0.413. The lowest BCUT2D eigenvalue weighted by Crippen LogP contribution is -2.32. The van der Waals surface area contributed by atoms with Crippen molar-refractivity contribution in [3.05, 3.63) is 29.8 Å². The summed E-state index contributed by atoms with van der Waals surface area (Å²) in [5.41, 5.74) is 6.31. The van der Waals surface area contributed by atoms with Gasteiger partial charge in [-0.25, -0.2) is 4.99 Å². The zero-order valence-electron chi connectivity index (χ0n) is 13.3. The van der Waals surface area contributed by atoms with Gasteiger partial charge in [0.05, 0.1) is 6.54 Å². The Morgan fingerprint density at radius 2 is 1.96 bits per heavy atom. The number of halogens is 3. The monoisotopic (exact) mass is 331 g/mol. The maximum absolute atomic E-state index is 12.2. The van der Waals surface area contributed by atoms with Crippen LogP contribution in [0, 0.1) is 0 Å². The minimum atomic E-state index is -4.37.